The zero-order valence-corrected chi connectivity index (χ0v) is 14.7. The second-order valence-electron chi connectivity index (χ2n) is 6.42. The second-order valence-corrected chi connectivity index (χ2v) is 6.42. The molecule has 0 bridgehead atoms. The van der Waals surface area contributed by atoms with Gasteiger partial charge < -0.3 is 14.5 Å². The third kappa shape index (κ3) is 4.33. The van der Waals surface area contributed by atoms with Gasteiger partial charge in [0.05, 0.1) is 31.1 Å². The summed E-state index contributed by atoms with van der Waals surface area (Å²) < 4.78 is 7.45. The quantitative estimate of drug-likeness (QED) is 0.693. The molecule has 8 nitrogen and oxygen atoms in total. The van der Waals surface area contributed by atoms with Gasteiger partial charge in [0.1, 0.15) is 5.75 Å². The van der Waals surface area contributed by atoms with Gasteiger partial charge in [0.15, 0.2) is 0 Å². The van der Waals surface area contributed by atoms with Crippen LogP contribution < -0.4 is 4.74 Å². The van der Waals surface area contributed by atoms with Crippen molar-refractivity contribution in [3.05, 3.63) is 36.9 Å². The molecule has 1 saturated heterocycles. The zero-order chi connectivity index (χ0) is 17.6. The number of carbonyl (C=O) groups is 1. The van der Waals surface area contributed by atoms with Crippen molar-refractivity contribution in [3.8, 4) is 5.75 Å². The number of likely N-dealkylation sites (N-methyl/N-ethyl adjacent to an activating group) is 1. The Morgan fingerprint density at radius 3 is 2.92 bits per heavy atom. The van der Waals surface area contributed by atoms with Gasteiger partial charge in [-0.15, -0.1) is 5.10 Å². The molecule has 134 valence electrons. The number of likely N-dealkylation sites (tertiary alicyclic amines) is 1. The molecule has 1 amide bonds. The Morgan fingerprint density at radius 1 is 1.36 bits per heavy atom. The first kappa shape index (κ1) is 17.3. The topological polar surface area (TPSA) is 76.4 Å². The molecule has 1 aliphatic heterocycles. The predicted molar refractivity (Wildman–Crippen MR) is 92.1 cm³/mol. The molecule has 25 heavy (non-hydrogen) atoms. The van der Waals surface area contributed by atoms with Gasteiger partial charge in [-0.1, -0.05) is 5.21 Å². The second kappa shape index (κ2) is 8.06. The largest absolute Gasteiger partial charge is 0.492 e. The highest BCUT2D eigenvalue weighted by molar-refractivity contribution is 5.76. The van der Waals surface area contributed by atoms with E-state index in [-0.39, 0.29) is 18.0 Å². The summed E-state index contributed by atoms with van der Waals surface area (Å²) in [5.74, 6) is 0.888. The maximum Gasteiger partial charge on any atom is 0.222 e. The van der Waals surface area contributed by atoms with Crippen molar-refractivity contribution in [2.45, 2.75) is 24.9 Å². The summed E-state index contributed by atoms with van der Waals surface area (Å²) in [5, 5.41) is 8.00. The number of ether oxygens (including phenoxy) is 1. The van der Waals surface area contributed by atoms with Crippen molar-refractivity contribution < 1.29 is 9.53 Å². The molecule has 1 aliphatic rings. The van der Waals surface area contributed by atoms with Crippen LogP contribution in [-0.4, -0.2) is 75.5 Å². The Balaban J connectivity index is 1.49. The van der Waals surface area contributed by atoms with Crippen LogP contribution in [0.4, 0.5) is 0 Å². The highest BCUT2D eigenvalue weighted by atomic mass is 16.5. The number of hydrogen-bond donors (Lipinski definition) is 0. The molecule has 0 N–H and O–H groups in total. The lowest BCUT2D eigenvalue weighted by Crippen LogP contribution is -2.37. The number of rotatable bonds is 7. The lowest BCUT2D eigenvalue weighted by molar-refractivity contribution is -0.130. The summed E-state index contributed by atoms with van der Waals surface area (Å²) in [6, 6.07) is 4.06. The Morgan fingerprint density at radius 2 is 2.24 bits per heavy atom. The molecule has 2 atom stereocenters. The van der Waals surface area contributed by atoms with Gasteiger partial charge in [-0.3, -0.25) is 9.78 Å². The van der Waals surface area contributed by atoms with Crippen LogP contribution in [0.1, 0.15) is 18.9 Å². The van der Waals surface area contributed by atoms with Crippen molar-refractivity contribution in [2.75, 3.05) is 33.8 Å². The number of carbonyl (C=O) groups excluding carboxylic acids is 1. The Labute approximate surface area is 147 Å². The molecule has 0 radical (unpaired) electrons. The third-order valence-electron chi connectivity index (χ3n) is 4.49. The van der Waals surface area contributed by atoms with Gasteiger partial charge in [0, 0.05) is 31.9 Å². The first-order valence-corrected chi connectivity index (χ1v) is 8.48. The van der Waals surface area contributed by atoms with Gasteiger partial charge >= 0.3 is 0 Å². The minimum Gasteiger partial charge on any atom is -0.492 e. The van der Waals surface area contributed by atoms with Gasteiger partial charge in [0.25, 0.3) is 0 Å². The van der Waals surface area contributed by atoms with E-state index in [1.165, 1.54) is 0 Å². The molecule has 0 aliphatic carbocycles. The number of amides is 1. The first-order valence-electron chi connectivity index (χ1n) is 8.48. The number of hydrogen-bond acceptors (Lipinski definition) is 6. The summed E-state index contributed by atoms with van der Waals surface area (Å²) in [5.41, 5.74) is 0. The Bertz CT molecular complexity index is 661. The van der Waals surface area contributed by atoms with Gasteiger partial charge in [-0.05, 0) is 32.6 Å². The van der Waals surface area contributed by atoms with Crippen LogP contribution in [-0.2, 0) is 4.79 Å². The highest BCUT2D eigenvalue weighted by Gasteiger charge is 2.37. The molecular weight excluding hydrogens is 320 g/mol. The lowest BCUT2D eigenvalue weighted by Gasteiger charge is -2.24. The van der Waals surface area contributed by atoms with Crippen molar-refractivity contribution in [2.24, 2.45) is 0 Å². The van der Waals surface area contributed by atoms with E-state index in [1.807, 2.05) is 42.0 Å². The van der Waals surface area contributed by atoms with E-state index < -0.39 is 0 Å². The standard InChI is InChI=1S/C17H24N6O2/c1-21(2)15-12-22(13-16(15)23-9-8-19-20-23)17(24)6-4-10-25-14-5-3-7-18-11-14/h3,5,7-9,11,15-16H,4,6,10,12-13H2,1-2H3/t15-,16+/m1/s1. The number of pyridine rings is 1. The van der Waals surface area contributed by atoms with E-state index in [2.05, 4.69) is 20.2 Å². The van der Waals surface area contributed by atoms with Crippen molar-refractivity contribution in [3.63, 3.8) is 0 Å². The third-order valence-corrected chi connectivity index (χ3v) is 4.49. The van der Waals surface area contributed by atoms with Gasteiger partial charge in [-0.25, -0.2) is 4.68 Å². The SMILES string of the molecule is CN(C)[C@@H]1CN(C(=O)CCCOc2cccnc2)C[C@@H]1n1ccnn1. The molecular formula is C17H24N6O2. The van der Waals surface area contributed by atoms with Crippen LogP contribution in [0.5, 0.6) is 5.75 Å². The summed E-state index contributed by atoms with van der Waals surface area (Å²) in [4.78, 5) is 20.6. The minimum atomic E-state index is 0.132. The molecule has 1 fully saturated rings. The van der Waals surface area contributed by atoms with E-state index in [9.17, 15) is 4.79 Å². The fourth-order valence-corrected chi connectivity index (χ4v) is 3.14. The monoisotopic (exact) mass is 344 g/mol. The van der Waals surface area contributed by atoms with Crippen LogP contribution >= 0.6 is 0 Å². The molecule has 8 heteroatoms. The van der Waals surface area contributed by atoms with Crippen LogP contribution in [0.15, 0.2) is 36.9 Å². The van der Waals surface area contributed by atoms with Gasteiger partial charge in [0.2, 0.25) is 5.91 Å². The normalized spacial score (nSPS) is 20.2. The fraction of sp³-hybridized carbons (Fsp3) is 0.529. The first-order chi connectivity index (χ1) is 12.1. The van der Waals surface area contributed by atoms with Crippen LogP contribution in [0.3, 0.4) is 0 Å². The summed E-state index contributed by atoms with van der Waals surface area (Å²) in [6.07, 6.45) is 8.07. The summed E-state index contributed by atoms with van der Waals surface area (Å²) >= 11 is 0. The average Bonchev–Trinajstić information content (AvgIpc) is 3.28. The summed E-state index contributed by atoms with van der Waals surface area (Å²) in [6.45, 7) is 1.88. The van der Waals surface area contributed by atoms with Crippen molar-refractivity contribution >= 4 is 5.91 Å². The fourth-order valence-electron chi connectivity index (χ4n) is 3.14. The molecule has 2 aromatic rings. The lowest BCUT2D eigenvalue weighted by atomic mass is 10.1. The average molecular weight is 344 g/mol. The molecule has 0 unspecified atom stereocenters. The van der Waals surface area contributed by atoms with E-state index >= 15 is 0 Å². The maximum atomic E-state index is 12.5. The predicted octanol–water partition coefficient (Wildman–Crippen LogP) is 0.846. The molecule has 0 saturated carbocycles. The number of aromatic nitrogens is 4. The van der Waals surface area contributed by atoms with Crippen LogP contribution in [0.2, 0.25) is 0 Å². The summed E-state index contributed by atoms with van der Waals surface area (Å²) in [7, 11) is 4.06. The maximum absolute atomic E-state index is 12.5. The molecule has 2 aromatic heterocycles. The molecule has 3 heterocycles. The number of nitrogens with zero attached hydrogens (tertiary/aromatic N) is 6. The zero-order valence-electron chi connectivity index (χ0n) is 14.7. The van der Waals surface area contributed by atoms with Crippen LogP contribution in [0, 0.1) is 0 Å². The molecule has 0 spiro atoms. The smallest absolute Gasteiger partial charge is 0.222 e. The van der Waals surface area contributed by atoms with Crippen molar-refractivity contribution in [1.29, 1.82) is 0 Å². The van der Waals surface area contributed by atoms with E-state index in [4.69, 9.17) is 4.74 Å². The Hall–Kier alpha value is -2.48. The van der Waals surface area contributed by atoms with Crippen molar-refractivity contribution in [1.82, 2.24) is 29.8 Å². The van der Waals surface area contributed by atoms with E-state index in [0.29, 0.717) is 32.5 Å². The van der Waals surface area contributed by atoms with Gasteiger partial charge in [-0.2, -0.15) is 0 Å². The van der Waals surface area contributed by atoms with E-state index in [0.717, 1.165) is 5.75 Å². The van der Waals surface area contributed by atoms with E-state index in [1.54, 1.807) is 18.6 Å². The molecule has 3 rings (SSSR count). The highest BCUT2D eigenvalue weighted by Crippen LogP contribution is 2.25. The molecule has 0 aromatic carbocycles. The van der Waals surface area contributed by atoms with Crippen LogP contribution in [0.25, 0.3) is 0 Å². The Kier molecular flexibility index (Phi) is 5.60. The minimum absolute atomic E-state index is 0.132.